The van der Waals surface area contributed by atoms with Gasteiger partial charge in [-0.05, 0) is 29.3 Å². The second kappa shape index (κ2) is 14.3. The lowest BCUT2D eigenvalue weighted by Crippen LogP contribution is -2.49. The van der Waals surface area contributed by atoms with Crippen molar-refractivity contribution in [3.63, 3.8) is 0 Å². The third-order valence-corrected chi connectivity index (χ3v) is 6.49. The number of urea groups is 1. The lowest BCUT2D eigenvalue weighted by Gasteiger charge is -2.19. The molecule has 218 valence electrons. The molecular weight excluding hydrogens is 542 g/mol. The van der Waals surface area contributed by atoms with Crippen molar-refractivity contribution in [2.24, 2.45) is 5.92 Å². The van der Waals surface area contributed by atoms with Crippen LogP contribution >= 0.6 is 0 Å². The summed E-state index contributed by atoms with van der Waals surface area (Å²) in [5.74, 6) is -2.90. The molecule has 1 heterocycles. The van der Waals surface area contributed by atoms with Crippen LogP contribution in [0.5, 0.6) is 0 Å². The van der Waals surface area contributed by atoms with Crippen molar-refractivity contribution in [2.75, 3.05) is 23.3 Å². The van der Waals surface area contributed by atoms with Crippen LogP contribution in [0.25, 0.3) is 0 Å². The number of ether oxygens (including phenoxy) is 1. The number of hydrogen-bond acceptors (Lipinski definition) is 6. The third-order valence-electron chi connectivity index (χ3n) is 6.49. The maximum Gasteiger partial charge on any atom is 0.408 e. The summed E-state index contributed by atoms with van der Waals surface area (Å²) in [5.41, 5.74) is 2.65. The Kier molecular flexibility index (Phi) is 10.1. The highest BCUT2D eigenvalue weighted by Crippen LogP contribution is 2.27. The van der Waals surface area contributed by atoms with Crippen molar-refractivity contribution >= 4 is 41.3 Å². The molecule has 2 unspecified atom stereocenters. The van der Waals surface area contributed by atoms with E-state index in [0.29, 0.717) is 17.9 Å². The maximum atomic E-state index is 12.8. The highest BCUT2D eigenvalue weighted by molar-refractivity contribution is 6.01. The molecule has 1 fully saturated rings. The van der Waals surface area contributed by atoms with Gasteiger partial charge in [0.05, 0.1) is 5.92 Å². The smallest absolute Gasteiger partial charge is 0.408 e. The average Bonchev–Trinajstić information content (AvgIpc) is 3.39. The van der Waals surface area contributed by atoms with Crippen LogP contribution in [-0.4, -0.2) is 54.1 Å². The Morgan fingerprint density at radius 2 is 1.60 bits per heavy atom. The zero-order valence-electron chi connectivity index (χ0n) is 22.6. The molecule has 4 rings (SSSR count). The zero-order valence-corrected chi connectivity index (χ0v) is 22.6. The summed E-state index contributed by atoms with van der Waals surface area (Å²) >= 11 is 0. The summed E-state index contributed by atoms with van der Waals surface area (Å²) in [5, 5.41) is 19.7. The minimum absolute atomic E-state index is 0.0412. The molecule has 0 radical (unpaired) electrons. The number of alkyl carbamates (subject to hydrolysis) is 1. The van der Waals surface area contributed by atoms with E-state index in [1.165, 1.54) is 4.90 Å². The molecule has 0 aliphatic carbocycles. The predicted molar refractivity (Wildman–Crippen MR) is 153 cm³/mol. The number of nitrogens with zero attached hydrogens (tertiary/aromatic N) is 1. The SMILES string of the molecule is O=C(NCc1ccccc1)Nc1cccc(N2CC(C(=O)NCC(NC(=O)OCc3ccccc3)C(=O)O)CC2=O)c1. The number of benzene rings is 3. The van der Waals surface area contributed by atoms with Gasteiger partial charge in [-0.1, -0.05) is 66.7 Å². The van der Waals surface area contributed by atoms with Gasteiger partial charge in [0.25, 0.3) is 0 Å². The Hall–Kier alpha value is -5.39. The number of carboxylic acid groups (broad SMARTS) is 1. The van der Waals surface area contributed by atoms with Gasteiger partial charge in [-0.25, -0.2) is 14.4 Å². The fourth-order valence-corrected chi connectivity index (χ4v) is 4.29. The van der Waals surface area contributed by atoms with Crippen LogP contribution in [0, 0.1) is 5.92 Å². The van der Waals surface area contributed by atoms with Crippen molar-refractivity contribution in [3.8, 4) is 0 Å². The first kappa shape index (κ1) is 29.6. The van der Waals surface area contributed by atoms with Crippen molar-refractivity contribution in [3.05, 3.63) is 96.1 Å². The molecule has 0 bridgehead atoms. The number of carbonyl (C=O) groups is 5. The molecule has 1 aliphatic rings. The van der Waals surface area contributed by atoms with Crippen LogP contribution in [0.4, 0.5) is 21.0 Å². The Morgan fingerprint density at radius 1 is 0.905 bits per heavy atom. The average molecular weight is 574 g/mol. The Morgan fingerprint density at radius 3 is 2.29 bits per heavy atom. The van der Waals surface area contributed by atoms with E-state index in [4.69, 9.17) is 4.74 Å². The number of carbonyl (C=O) groups excluding carboxylic acids is 4. The molecule has 2 atom stereocenters. The second-order valence-corrected chi connectivity index (χ2v) is 9.59. The van der Waals surface area contributed by atoms with E-state index >= 15 is 0 Å². The third kappa shape index (κ3) is 8.55. The topological polar surface area (TPSA) is 166 Å². The molecule has 0 spiro atoms. The first-order valence-corrected chi connectivity index (χ1v) is 13.3. The van der Waals surface area contributed by atoms with Gasteiger partial charge in [0, 0.05) is 37.4 Å². The molecule has 0 aromatic heterocycles. The Balaban J connectivity index is 1.26. The number of aliphatic carboxylic acids is 1. The van der Waals surface area contributed by atoms with Gasteiger partial charge in [-0.15, -0.1) is 0 Å². The van der Waals surface area contributed by atoms with E-state index in [9.17, 15) is 29.1 Å². The molecular formula is C30H31N5O7. The number of nitrogens with one attached hydrogen (secondary N) is 4. The van der Waals surface area contributed by atoms with Crippen LogP contribution in [0.2, 0.25) is 0 Å². The minimum Gasteiger partial charge on any atom is -0.480 e. The Labute approximate surface area is 242 Å². The van der Waals surface area contributed by atoms with Gasteiger partial charge >= 0.3 is 18.1 Å². The molecule has 1 aliphatic heterocycles. The van der Waals surface area contributed by atoms with E-state index in [1.54, 1.807) is 48.5 Å². The van der Waals surface area contributed by atoms with E-state index < -0.39 is 42.5 Å². The summed E-state index contributed by atoms with van der Waals surface area (Å²) in [6, 6.07) is 23.2. The second-order valence-electron chi connectivity index (χ2n) is 9.59. The van der Waals surface area contributed by atoms with Crippen LogP contribution in [0.15, 0.2) is 84.9 Å². The number of anilines is 2. The monoisotopic (exact) mass is 573 g/mol. The van der Waals surface area contributed by atoms with Gasteiger partial charge in [0.1, 0.15) is 12.6 Å². The molecule has 3 aromatic carbocycles. The predicted octanol–water partition coefficient (Wildman–Crippen LogP) is 2.86. The van der Waals surface area contributed by atoms with Gasteiger partial charge < -0.3 is 36.0 Å². The summed E-state index contributed by atoms with van der Waals surface area (Å²) in [7, 11) is 0. The van der Waals surface area contributed by atoms with Crippen molar-refractivity contribution < 1.29 is 33.8 Å². The summed E-state index contributed by atoms with van der Waals surface area (Å²) in [6.45, 7) is -0.0171. The Bertz CT molecular complexity index is 1420. The van der Waals surface area contributed by atoms with E-state index in [-0.39, 0.29) is 25.5 Å². The summed E-state index contributed by atoms with van der Waals surface area (Å²) in [6.07, 6.45) is -1.02. The number of rotatable bonds is 11. The van der Waals surface area contributed by atoms with Crippen molar-refractivity contribution in [1.29, 1.82) is 0 Å². The van der Waals surface area contributed by atoms with Crippen molar-refractivity contribution in [1.82, 2.24) is 16.0 Å². The normalized spacial score (nSPS) is 14.9. The first-order chi connectivity index (χ1) is 20.3. The fraction of sp³-hybridized carbons (Fsp3) is 0.233. The molecule has 5 N–H and O–H groups in total. The quantitative estimate of drug-likeness (QED) is 0.235. The molecule has 0 saturated carbocycles. The van der Waals surface area contributed by atoms with Gasteiger partial charge in [-0.3, -0.25) is 9.59 Å². The number of amides is 5. The lowest BCUT2D eigenvalue weighted by molar-refractivity contribution is -0.139. The lowest BCUT2D eigenvalue weighted by atomic mass is 10.1. The van der Waals surface area contributed by atoms with E-state index in [2.05, 4.69) is 21.3 Å². The van der Waals surface area contributed by atoms with Gasteiger partial charge in [0.15, 0.2) is 0 Å². The number of carboxylic acids is 1. The molecule has 12 heteroatoms. The summed E-state index contributed by atoms with van der Waals surface area (Å²) < 4.78 is 5.05. The molecule has 42 heavy (non-hydrogen) atoms. The van der Waals surface area contributed by atoms with Crippen LogP contribution in [0.3, 0.4) is 0 Å². The van der Waals surface area contributed by atoms with Crippen molar-refractivity contribution in [2.45, 2.75) is 25.6 Å². The first-order valence-electron chi connectivity index (χ1n) is 13.3. The standard InChI is InChI=1S/C30H31N5O7/c36-26-14-22(27(37)31-17-25(28(38)39)34-30(41)42-19-21-10-5-2-6-11-21)18-35(26)24-13-7-12-23(15-24)33-29(40)32-16-20-8-3-1-4-9-20/h1-13,15,22,25H,14,16-19H2,(H,31,37)(H,34,41)(H,38,39)(H2,32,33,40). The fourth-order valence-electron chi connectivity index (χ4n) is 4.29. The highest BCUT2D eigenvalue weighted by Gasteiger charge is 2.35. The molecule has 12 nitrogen and oxygen atoms in total. The minimum atomic E-state index is -1.43. The van der Waals surface area contributed by atoms with Crippen LogP contribution in [0.1, 0.15) is 17.5 Å². The largest absolute Gasteiger partial charge is 0.480 e. The number of hydrogen-bond donors (Lipinski definition) is 5. The van der Waals surface area contributed by atoms with E-state index in [0.717, 1.165) is 11.1 Å². The van der Waals surface area contributed by atoms with Crippen LogP contribution < -0.4 is 26.2 Å². The molecule has 1 saturated heterocycles. The summed E-state index contributed by atoms with van der Waals surface area (Å²) in [4.78, 5) is 63.0. The maximum absolute atomic E-state index is 12.8. The van der Waals surface area contributed by atoms with Gasteiger partial charge in [0.2, 0.25) is 11.8 Å². The zero-order chi connectivity index (χ0) is 29.9. The van der Waals surface area contributed by atoms with Crippen LogP contribution in [-0.2, 0) is 32.3 Å². The van der Waals surface area contributed by atoms with Gasteiger partial charge in [-0.2, -0.15) is 0 Å². The highest BCUT2D eigenvalue weighted by atomic mass is 16.5. The molecule has 5 amide bonds. The van der Waals surface area contributed by atoms with E-state index in [1.807, 2.05) is 36.4 Å². The molecule has 3 aromatic rings.